The summed E-state index contributed by atoms with van der Waals surface area (Å²) < 4.78 is 21.7. The molecule has 0 saturated carbocycles. The van der Waals surface area contributed by atoms with E-state index in [-0.39, 0.29) is 6.10 Å². The molecule has 2 aliphatic rings. The minimum absolute atomic E-state index is 0.0281. The first-order valence-corrected chi connectivity index (χ1v) is 5.09. The second-order valence-corrected chi connectivity index (χ2v) is 3.75. The molecule has 0 N–H and O–H groups in total. The number of rotatable bonds is 2. The van der Waals surface area contributed by atoms with Crippen LogP contribution in [0.5, 0.6) is 0 Å². The number of ether oxygens (including phenoxy) is 4. The number of hydrogen-bond acceptors (Lipinski definition) is 4. The topological polar surface area (TPSA) is 36.9 Å². The summed E-state index contributed by atoms with van der Waals surface area (Å²) in [6, 6.07) is 0. The molecule has 0 amide bonds. The van der Waals surface area contributed by atoms with Crippen LogP contribution in [0, 0.1) is 0 Å². The third-order valence-electron chi connectivity index (χ3n) is 2.64. The smallest absolute Gasteiger partial charge is 0.230 e. The Bertz CT molecular complexity index is 317. The Morgan fingerprint density at radius 1 is 1.00 bits per heavy atom. The summed E-state index contributed by atoms with van der Waals surface area (Å²) in [6.07, 6.45) is 0.733. The van der Waals surface area contributed by atoms with Crippen molar-refractivity contribution in [2.24, 2.45) is 0 Å². The summed E-state index contributed by atoms with van der Waals surface area (Å²) in [5.74, 6) is 3.43. The lowest BCUT2D eigenvalue weighted by Gasteiger charge is -2.26. The molecule has 0 bridgehead atoms. The van der Waals surface area contributed by atoms with E-state index in [9.17, 15) is 0 Å². The molecule has 2 rings (SSSR count). The van der Waals surface area contributed by atoms with Crippen LogP contribution in [-0.2, 0) is 18.9 Å². The minimum Gasteiger partial charge on any atom is -0.491 e. The molecular weight excluding hydrogens is 196 g/mol. The minimum atomic E-state index is 0.0281. The van der Waals surface area contributed by atoms with Crippen LogP contribution < -0.4 is 0 Å². The summed E-state index contributed by atoms with van der Waals surface area (Å²) in [5.41, 5.74) is 0. The molecule has 84 valence electrons. The second-order valence-electron chi connectivity index (χ2n) is 3.75. The summed E-state index contributed by atoms with van der Waals surface area (Å²) in [7, 11) is 0. The third-order valence-corrected chi connectivity index (χ3v) is 2.64. The van der Waals surface area contributed by atoms with Crippen molar-refractivity contribution < 1.29 is 18.9 Å². The Hall–Kier alpha value is -1.32. The highest BCUT2D eigenvalue weighted by molar-refractivity contribution is 5.06. The molecule has 4 heteroatoms. The van der Waals surface area contributed by atoms with Gasteiger partial charge in [-0.15, -0.1) is 0 Å². The number of allylic oxidation sites excluding steroid dienone is 3. The highest BCUT2D eigenvalue weighted by Crippen LogP contribution is 2.25. The lowest BCUT2D eigenvalue weighted by Crippen LogP contribution is -2.24. The van der Waals surface area contributed by atoms with Crippen LogP contribution in [0.15, 0.2) is 23.0 Å². The van der Waals surface area contributed by atoms with Crippen LogP contribution in [0.3, 0.4) is 0 Å². The van der Waals surface area contributed by atoms with E-state index in [0.29, 0.717) is 19.8 Å². The molecule has 0 spiro atoms. The largest absolute Gasteiger partial charge is 0.491 e. The molecule has 0 aromatic rings. The molecule has 1 atom stereocenters. The predicted molar refractivity (Wildman–Crippen MR) is 53.6 cm³/mol. The van der Waals surface area contributed by atoms with E-state index >= 15 is 0 Å². The number of hydrogen-bond donors (Lipinski definition) is 0. The van der Waals surface area contributed by atoms with Crippen LogP contribution in [0.25, 0.3) is 0 Å². The SMILES string of the molecule is CC1=C(C)OC(CC2=C(C)OCO2)CO1. The van der Waals surface area contributed by atoms with Gasteiger partial charge in [-0.1, -0.05) is 0 Å². The predicted octanol–water partition coefficient (Wildman–Crippen LogP) is 2.28. The Balaban J connectivity index is 1.95. The molecule has 1 unspecified atom stereocenters. The fourth-order valence-corrected chi connectivity index (χ4v) is 1.57. The van der Waals surface area contributed by atoms with Gasteiger partial charge in [-0.2, -0.15) is 0 Å². The zero-order valence-electron chi connectivity index (χ0n) is 9.33. The zero-order chi connectivity index (χ0) is 10.8. The molecule has 15 heavy (non-hydrogen) atoms. The molecule has 2 aliphatic heterocycles. The van der Waals surface area contributed by atoms with E-state index < -0.39 is 0 Å². The standard InChI is InChI=1S/C11H16O4/c1-7-8(2)15-10(5-12-7)4-11-9(3)13-6-14-11/h10H,4-6H2,1-3H3. The van der Waals surface area contributed by atoms with Crippen molar-refractivity contribution in [3.8, 4) is 0 Å². The van der Waals surface area contributed by atoms with E-state index in [2.05, 4.69) is 0 Å². The van der Waals surface area contributed by atoms with Crippen LogP contribution >= 0.6 is 0 Å². The molecule has 2 heterocycles. The van der Waals surface area contributed by atoms with Gasteiger partial charge in [-0.05, 0) is 20.8 Å². The molecule has 0 radical (unpaired) electrons. The molecule has 0 aromatic heterocycles. The van der Waals surface area contributed by atoms with Gasteiger partial charge in [0, 0.05) is 6.42 Å². The quantitative estimate of drug-likeness (QED) is 0.703. The Labute approximate surface area is 89.5 Å². The maximum Gasteiger partial charge on any atom is 0.230 e. The maximum absolute atomic E-state index is 5.69. The highest BCUT2D eigenvalue weighted by atomic mass is 16.7. The van der Waals surface area contributed by atoms with Crippen molar-refractivity contribution in [3.63, 3.8) is 0 Å². The monoisotopic (exact) mass is 212 g/mol. The fraction of sp³-hybridized carbons (Fsp3) is 0.636. The molecule has 0 aromatic carbocycles. The first-order valence-electron chi connectivity index (χ1n) is 5.09. The summed E-state index contributed by atoms with van der Waals surface area (Å²) >= 11 is 0. The second kappa shape index (κ2) is 4.04. The average Bonchev–Trinajstić information content (AvgIpc) is 2.59. The lowest BCUT2D eigenvalue weighted by atomic mass is 10.2. The molecular formula is C11H16O4. The van der Waals surface area contributed by atoms with E-state index in [4.69, 9.17) is 18.9 Å². The van der Waals surface area contributed by atoms with Gasteiger partial charge >= 0.3 is 0 Å². The van der Waals surface area contributed by atoms with Crippen LogP contribution in [0.1, 0.15) is 27.2 Å². The van der Waals surface area contributed by atoms with Crippen molar-refractivity contribution in [1.82, 2.24) is 0 Å². The van der Waals surface area contributed by atoms with E-state index in [1.54, 1.807) is 0 Å². The summed E-state index contributed by atoms with van der Waals surface area (Å²) in [6.45, 7) is 6.62. The first-order chi connectivity index (χ1) is 7.16. The van der Waals surface area contributed by atoms with E-state index in [1.807, 2.05) is 20.8 Å². The third kappa shape index (κ3) is 2.19. The normalized spacial score (nSPS) is 25.7. The molecule has 4 nitrogen and oxygen atoms in total. The zero-order valence-corrected chi connectivity index (χ0v) is 9.33. The van der Waals surface area contributed by atoms with Crippen LogP contribution in [-0.4, -0.2) is 19.5 Å². The Morgan fingerprint density at radius 2 is 1.80 bits per heavy atom. The average molecular weight is 212 g/mol. The van der Waals surface area contributed by atoms with E-state index in [1.165, 1.54) is 0 Å². The van der Waals surface area contributed by atoms with Gasteiger partial charge in [0.15, 0.2) is 0 Å². The van der Waals surface area contributed by atoms with Crippen molar-refractivity contribution in [3.05, 3.63) is 23.0 Å². The first kappa shape index (κ1) is 10.2. The Kier molecular flexibility index (Phi) is 2.75. The van der Waals surface area contributed by atoms with Crippen molar-refractivity contribution in [1.29, 1.82) is 0 Å². The summed E-state index contributed by atoms with van der Waals surface area (Å²) in [4.78, 5) is 0. The van der Waals surface area contributed by atoms with Crippen molar-refractivity contribution >= 4 is 0 Å². The van der Waals surface area contributed by atoms with Gasteiger partial charge in [-0.3, -0.25) is 0 Å². The van der Waals surface area contributed by atoms with Gasteiger partial charge in [0.1, 0.15) is 35.7 Å². The van der Waals surface area contributed by atoms with Gasteiger partial charge in [0.05, 0.1) is 0 Å². The van der Waals surface area contributed by atoms with Crippen molar-refractivity contribution in [2.45, 2.75) is 33.3 Å². The lowest BCUT2D eigenvalue weighted by molar-refractivity contribution is -0.0109. The highest BCUT2D eigenvalue weighted by Gasteiger charge is 2.24. The maximum atomic E-state index is 5.69. The molecule has 0 fully saturated rings. The van der Waals surface area contributed by atoms with Gasteiger partial charge in [0.2, 0.25) is 6.79 Å². The van der Waals surface area contributed by atoms with Crippen molar-refractivity contribution in [2.75, 3.05) is 13.4 Å². The summed E-state index contributed by atoms with van der Waals surface area (Å²) in [5, 5.41) is 0. The van der Waals surface area contributed by atoms with Crippen LogP contribution in [0.4, 0.5) is 0 Å². The van der Waals surface area contributed by atoms with Gasteiger partial charge < -0.3 is 18.9 Å². The van der Waals surface area contributed by atoms with Crippen LogP contribution in [0.2, 0.25) is 0 Å². The van der Waals surface area contributed by atoms with Gasteiger partial charge in [0.25, 0.3) is 0 Å². The molecule has 0 saturated heterocycles. The van der Waals surface area contributed by atoms with E-state index in [0.717, 1.165) is 23.0 Å². The molecule has 0 aliphatic carbocycles. The Morgan fingerprint density at radius 3 is 2.40 bits per heavy atom. The fourth-order valence-electron chi connectivity index (χ4n) is 1.57. The van der Waals surface area contributed by atoms with Gasteiger partial charge in [-0.25, -0.2) is 0 Å².